The third kappa shape index (κ3) is 4.39. The van der Waals surface area contributed by atoms with Crippen molar-refractivity contribution >= 4 is 27.9 Å². The van der Waals surface area contributed by atoms with Gasteiger partial charge in [-0.25, -0.2) is 13.2 Å². The molecule has 0 saturated carbocycles. The van der Waals surface area contributed by atoms with Crippen LogP contribution >= 0.6 is 11.8 Å². The zero-order valence-electron chi connectivity index (χ0n) is 13.4. The number of hydrogen-bond donors (Lipinski definition) is 0. The van der Waals surface area contributed by atoms with E-state index >= 15 is 0 Å². The first-order valence-electron chi connectivity index (χ1n) is 7.55. The third-order valence-corrected chi connectivity index (χ3v) is 6.33. The van der Waals surface area contributed by atoms with Gasteiger partial charge in [0, 0.05) is 31.1 Å². The van der Waals surface area contributed by atoms with Crippen LogP contribution in [0.5, 0.6) is 0 Å². The summed E-state index contributed by atoms with van der Waals surface area (Å²) in [6.07, 6.45) is 2.17. The van der Waals surface area contributed by atoms with Crippen molar-refractivity contribution in [3.05, 3.63) is 24.3 Å². The van der Waals surface area contributed by atoms with Gasteiger partial charge < -0.3 is 9.64 Å². The maximum absolute atomic E-state index is 12.7. The van der Waals surface area contributed by atoms with Gasteiger partial charge in [0.05, 0.1) is 11.5 Å². The Labute approximate surface area is 141 Å². The highest BCUT2D eigenvalue weighted by atomic mass is 32.2. The second kappa shape index (κ2) is 8.03. The van der Waals surface area contributed by atoms with E-state index in [9.17, 15) is 13.2 Å². The van der Waals surface area contributed by atoms with Gasteiger partial charge in [-0.3, -0.25) is 0 Å². The number of sulfonamides is 1. The molecule has 0 unspecified atom stereocenters. The molecule has 0 radical (unpaired) electrons. The van der Waals surface area contributed by atoms with Crippen LogP contribution in [0, 0.1) is 0 Å². The van der Waals surface area contributed by atoms with Crippen LogP contribution in [0.4, 0.5) is 4.79 Å². The molecule has 0 atom stereocenters. The van der Waals surface area contributed by atoms with E-state index in [1.807, 2.05) is 6.26 Å². The predicted molar refractivity (Wildman–Crippen MR) is 90.2 cm³/mol. The first kappa shape index (κ1) is 18.1. The molecule has 1 saturated heterocycles. The fourth-order valence-corrected chi connectivity index (χ4v) is 4.31. The lowest BCUT2D eigenvalue weighted by Crippen LogP contribution is -2.37. The highest BCUT2D eigenvalue weighted by Crippen LogP contribution is 2.21. The maximum Gasteiger partial charge on any atom is 0.409 e. The van der Waals surface area contributed by atoms with Crippen molar-refractivity contribution in [2.45, 2.75) is 23.1 Å². The minimum Gasteiger partial charge on any atom is -0.450 e. The van der Waals surface area contributed by atoms with Gasteiger partial charge in [-0.1, -0.05) is 0 Å². The molecule has 1 aromatic carbocycles. The second-order valence-corrected chi connectivity index (χ2v) is 7.94. The monoisotopic (exact) mass is 358 g/mol. The van der Waals surface area contributed by atoms with E-state index in [4.69, 9.17) is 4.74 Å². The Morgan fingerprint density at radius 1 is 1.17 bits per heavy atom. The quantitative estimate of drug-likeness (QED) is 0.773. The minimum atomic E-state index is -3.53. The van der Waals surface area contributed by atoms with E-state index in [1.165, 1.54) is 4.31 Å². The van der Waals surface area contributed by atoms with E-state index in [0.717, 1.165) is 4.90 Å². The molecular weight excluding hydrogens is 336 g/mol. The van der Waals surface area contributed by atoms with Crippen molar-refractivity contribution < 1.29 is 17.9 Å². The smallest absolute Gasteiger partial charge is 0.409 e. The summed E-state index contributed by atoms with van der Waals surface area (Å²) in [7, 11) is -3.53. The lowest BCUT2D eigenvalue weighted by molar-refractivity contribution is 0.109. The number of rotatable bonds is 4. The molecule has 0 aromatic heterocycles. The summed E-state index contributed by atoms with van der Waals surface area (Å²) in [5.74, 6) is 0. The van der Waals surface area contributed by atoms with Crippen LogP contribution in [-0.4, -0.2) is 62.8 Å². The Hall–Kier alpha value is -1.25. The average Bonchev–Trinajstić information content (AvgIpc) is 2.82. The van der Waals surface area contributed by atoms with Crippen molar-refractivity contribution in [2.75, 3.05) is 39.0 Å². The molecule has 0 bridgehead atoms. The van der Waals surface area contributed by atoms with Crippen LogP contribution in [0.2, 0.25) is 0 Å². The predicted octanol–water partition coefficient (Wildman–Crippen LogP) is 2.26. The largest absolute Gasteiger partial charge is 0.450 e. The number of hydrogen-bond acceptors (Lipinski definition) is 5. The number of thioether (sulfide) groups is 1. The topological polar surface area (TPSA) is 66.9 Å². The van der Waals surface area contributed by atoms with Crippen LogP contribution in [0.1, 0.15) is 13.3 Å². The van der Waals surface area contributed by atoms with Crippen molar-refractivity contribution in [3.8, 4) is 0 Å². The molecule has 128 valence electrons. The van der Waals surface area contributed by atoms with Crippen molar-refractivity contribution in [2.24, 2.45) is 0 Å². The number of amides is 1. The second-order valence-electron chi connectivity index (χ2n) is 5.12. The van der Waals surface area contributed by atoms with Crippen LogP contribution < -0.4 is 0 Å². The Morgan fingerprint density at radius 3 is 2.48 bits per heavy atom. The summed E-state index contributed by atoms with van der Waals surface area (Å²) >= 11 is 1.57. The number of benzene rings is 1. The Balaban J connectivity index is 2.09. The van der Waals surface area contributed by atoms with Gasteiger partial charge in [0.25, 0.3) is 0 Å². The summed E-state index contributed by atoms with van der Waals surface area (Å²) in [5, 5.41) is 0. The Bertz CT molecular complexity index is 631. The Kier molecular flexibility index (Phi) is 6.32. The molecule has 0 aliphatic carbocycles. The van der Waals surface area contributed by atoms with E-state index < -0.39 is 10.0 Å². The summed E-state index contributed by atoms with van der Waals surface area (Å²) in [6.45, 7) is 3.62. The van der Waals surface area contributed by atoms with Gasteiger partial charge in [0.2, 0.25) is 10.0 Å². The third-order valence-electron chi connectivity index (χ3n) is 3.68. The number of nitrogens with zero attached hydrogens (tertiary/aromatic N) is 2. The molecule has 0 spiro atoms. The van der Waals surface area contributed by atoms with Gasteiger partial charge in [0.15, 0.2) is 0 Å². The maximum atomic E-state index is 12.7. The number of carbonyl (C=O) groups excluding carboxylic acids is 1. The molecule has 8 heteroatoms. The standard InChI is InChI=1S/C15H22N2O4S2/c1-3-21-15(18)16-9-4-10-17(12-11-16)23(19,20)14-7-5-13(22-2)6-8-14/h5-8H,3-4,9-12H2,1-2H3. The normalized spacial score (nSPS) is 16.9. The number of carbonyl (C=O) groups is 1. The first-order chi connectivity index (χ1) is 11.0. The van der Waals surface area contributed by atoms with Crippen LogP contribution in [-0.2, 0) is 14.8 Å². The fourth-order valence-electron chi connectivity index (χ4n) is 2.43. The van der Waals surface area contributed by atoms with E-state index in [2.05, 4.69) is 0 Å². The van der Waals surface area contributed by atoms with Gasteiger partial charge in [-0.2, -0.15) is 4.31 Å². The molecule has 1 amide bonds. The summed E-state index contributed by atoms with van der Waals surface area (Å²) in [5.41, 5.74) is 0. The molecule has 2 rings (SSSR count). The highest BCUT2D eigenvalue weighted by Gasteiger charge is 2.28. The highest BCUT2D eigenvalue weighted by molar-refractivity contribution is 7.98. The molecule has 1 fully saturated rings. The van der Waals surface area contributed by atoms with Crippen LogP contribution in [0.3, 0.4) is 0 Å². The molecule has 6 nitrogen and oxygen atoms in total. The van der Waals surface area contributed by atoms with Crippen LogP contribution in [0.25, 0.3) is 0 Å². The van der Waals surface area contributed by atoms with E-state index in [0.29, 0.717) is 37.6 Å². The molecule has 1 aliphatic rings. The molecular formula is C15H22N2O4S2. The average molecular weight is 358 g/mol. The SMILES string of the molecule is CCOC(=O)N1CCCN(S(=O)(=O)c2ccc(SC)cc2)CC1. The molecule has 1 aromatic rings. The summed E-state index contributed by atoms with van der Waals surface area (Å²) < 4.78 is 31.9. The van der Waals surface area contributed by atoms with Gasteiger partial charge >= 0.3 is 6.09 Å². The molecule has 23 heavy (non-hydrogen) atoms. The summed E-state index contributed by atoms with van der Waals surface area (Å²) in [4.78, 5) is 14.7. The van der Waals surface area contributed by atoms with Crippen LogP contribution in [0.15, 0.2) is 34.1 Å². The zero-order chi connectivity index (χ0) is 16.9. The lowest BCUT2D eigenvalue weighted by atomic mass is 10.4. The zero-order valence-corrected chi connectivity index (χ0v) is 15.0. The van der Waals surface area contributed by atoms with Crippen molar-refractivity contribution in [1.29, 1.82) is 0 Å². The Morgan fingerprint density at radius 2 is 1.87 bits per heavy atom. The van der Waals surface area contributed by atoms with Crippen molar-refractivity contribution in [3.63, 3.8) is 0 Å². The van der Waals surface area contributed by atoms with E-state index in [-0.39, 0.29) is 12.6 Å². The first-order valence-corrected chi connectivity index (χ1v) is 10.2. The van der Waals surface area contributed by atoms with Gasteiger partial charge in [0.1, 0.15) is 0 Å². The fraction of sp³-hybridized carbons (Fsp3) is 0.533. The minimum absolute atomic E-state index is 0.283. The molecule has 0 N–H and O–H groups in total. The van der Waals surface area contributed by atoms with Crippen molar-refractivity contribution in [1.82, 2.24) is 9.21 Å². The number of ether oxygens (including phenoxy) is 1. The molecule has 1 aliphatic heterocycles. The van der Waals surface area contributed by atoms with Gasteiger partial charge in [-0.05, 0) is 43.9 Å². The van der Waals surface area contributed by atoms with Gasteiger partial charge in [-0.15, -0.1) is 11.8 Å². The summed E-state index contributed by atoms with van der Waals surface area (Å²) in [6, 6.07) is 6.88. The van der Waals surface area contributed by atoms with E-state index in [1.54, 1.807) is 47.9 Å². The lowest BCUT2D eigenvalue weighted by Gasteiger charge is -2.21. The molecule has 1 heterocycles.